The number of rotatable bonds is 4. The number of carboxylic acid groups (broad SMARTS) is 1. The lowest BCUT2D eigenvalue weighted by atomic mass is 9.87. The van der Waals surface area contributed by atoms with Gasteiger partial charge in [0.25, 0.3) is 0 Å². The normalized spacial score (nSPS) is 29.7. The summed E-state index contributed by atoms with van der Waals surface area (Å²) in [7, 11) is 0. The first kappa shape index (κ1) is 23.6. The number of carboxylic acids is 1. The average Bonchev–Trinajstić information content (AvgIpc) is 2.99. The van der Waals surface area contributed by atoms with Gasteiger partial charge in [-0.05, 0) is 47.9 Å². The first-order valence-electron chi connectivity index (χ1n) is 10.3. The SMILES string of the molecule is O=C(O)[C@H]1O[C@@H](Oc2c(O)cc3c(c2Cl)CCNCC3c2ccc(O)cc2)[C@H](O)[C@@H](O)[C@@H]1O. The number of aliphatic hydroxyl groups excluding tert-OH is 3. The van der Waals surface area contributed by atoms with Crippen LogP contribution in [0.3, 0.4) is 0 Å². The molecule has 11 heteroatoms. The molecule has 1 unspecified atom stereocenters. The largest absolute Gasteiger partial charge is 0.508 e. The Hall–Kier alpha value is -2.60. The molecule has 33 heavy (non-hydrogen) atoms. The van der Waals surface area contributed by atoms with Crippen molar-refractivity contribution >= 4 is 17.6 Å². The molecule has 0 aliphatic carbocycles. The Morgan fingerprint density at radius 1 is 1.09 bits per heavy atom. The van der Waals surface area contributed by atoms with Gasteiger partial charge in [-0.2, -0.15) is 0 Å². The molecule has 0 spiro atoms. The maximum Gasteiger partial charge on any atom is 0.335 e. The highest BCUT2D eigenvalue weighted by Gasteiger charge is 2.48. The smallest absolute Gasteiger partial charge is 0.335 e. The molecule has 0 radical (unpaired) electrons. The van der Waals surface area contributed by atoms with E-state index in [1.807, 2.05) is 0 Å². The van der Waals surface area contributed by atoms with Crippen molar-refractivity contribution in [3.8, 4) is 17.2 Å². The Labute approximate surface area is 193 Å². The van der Waals surface area contributed by atoms with E-state index >= 15 is 0 Å². The standard InChI is InChI=1S/C22H24ClNO9/c23-15-11-5-6-24-8-13(9-1-3-10(25)4-2-9)12(11)7-14(26)19(15)32-22-18(29)16(27)17(28)20(33-22)21(30)31/h1-4,7,13,16-18,20,22,24-29H,5-6,8H2,(H,30,31)/t13?,16-,17-,18+,20-,22+/m0/s1. The third-order valence-electron chi connectivity index (χ3n) is 5.96. The minimum atomic E-state index is -1.87. The lowest BCUT2D eigenvalue weighted by Gasteiger charge is -2.38. The van der Waals surface area contributed by atoms with Crippen LogP contribution in [0.15, 0.2) is 30.3 Å². The minimum absolute atomic E-state index is 0.0563. The molecule has 7 N–H and O–H groups in total. The Balaban J connectivity index is 1.69. The number of nitrogens with one attached hydrogen (secondary N) is 1. The second-order valence-electron chi connectivity index (χ2n) is 8.06. The fourth-order valence-corrected chi connectivity index (χ4v) is 4.54. The third kappa shape index (κ3) is 4.45. The zero-order chi connectivity index (χ0) is 23.9. The van der Waals surface area contributed by atoms with Crippen LogP contribution in [-0.4, -0.2) is 80.4 Å². The fourth-order valence-electron chi connectivity index (χ4n) is 4.19. The second kappa shape index (κ2) is 9.34. The van der Waals surface area contributed by atoms with Crippen LogP contribution in [-0.2, 0) is 16.0 Å². The van der Waals surface area contributed by atoms with Gasteiger partial charge in [-0.3, -0.25) is 0 Å². The number of aliphatic hydroxyl groups is 3. The summed E-state index contributed by atoms with van der Waals surface area (Å²) in [6.07, 6.45) is -8.58. The number of fused-ring (bicyclic) bond motifs is 1. The van der Waals surface area contributed by atoms with Gasteiger partial charge in [0.15, 0.2) is 17.6 Å². The first-order valence-corrected chi connectivity index (χ1v) is 10.7. The number of aliphatic carboxylic acids is 1. The molecule has 2 aliphatic heterocycles. The minimum Gasteiger partial charge on any atom is -0.508 e. The molecule has 178 valence electrons. The van der Waals surface area contributed by atoms with Crippen LogP contribution in [0.25, 0.3) is 0 Å². The number of halogens is 1. The number of hydrogen-bond acceptors (Lipinski definition) is 9. The molecule has 0 amide bonds. The average molecular weight is 482 g/mol. The Morgan fingerprint density at radius 2 is 1.79 bits per heavy atom. The van der Waals surface area contributed by atoms with Gasteiger partial charge in [0.1, 0.15) is 24.1 Å². The summed E-state index contributed by atoms with van der Waals surface area (Å²) in [5.41, 5.74) is 2.30. The van der Waals surface area contributed by atoms with E-state index in [1.165, 1.54) is 6.07 Å². The van der Waals surface area contributed by atoms with E-state index in [2.05, 4.69) is 5.32 Å². The van der Waals surface area contributed by atoms with Gasteiger partial charge < -0.3 is 45.4 Å². The summed E-state index contributed by atoms with van der Waals surface area (Å²) < 4.78 is 10.7. The Bertz CT molecular complexity index is 1030. The van der Waals surface area contributed by atoms with Crippen molar-refractivity contribution in [2.45, 2.75) is 43.0 Å². The van der Waals surface area contributed by atoms with Gasteiger partial charge in [-0.25, -0.2) is 4.79 Å². The molecule has 2 aliphatic rings. The van der Waals surface area contributed by atoms with Gasteiger partial charge in [-0.1, -0.05) is 23.7 Å². The molecular formula is C22H24ClNO9. The van der Waals surface area contributed by atoms with Crippen molar-refractivity contribution in [3.05, 3.63) is 52.0 Å². The van der Waals surface area contributed by atoms with E-state index in [1.54, 1.807) is 24.3 Å². The van der Waals surface area contributed by atoms with Crippen LogP contribution in [0, 0.1) is 0 Å². The number of phenols is 2. The van der Waals surface area contributed by atoms with Gasteiger partial charge >= 0.3 is 5.97 Å². The molecule has 2 heterocycles. The van der Waals surface area contributed by atoms with Crippen molar-refractivity contribution in [2.75, 3.05) is 13.1 Å². The maximum absolute atomic E-state index is 11.3. The molecule has 1 saturated heterocycles. The van der Waals surface area contributed by atoms with E-state index in [9.17, 15) is 35.4 Å². The second-order valence-corrected chi connectivity index (χ2v) is 8.44. The predicted octanol–water partition coefficient (Wildman–Crippen LogP) is 0.300. The molecule has 2 aromatic rings. The molecule has 1 fully saturated rings. The van der Waals surface area contributed by atoms with Gasteiger partial charge in [0, 0.05) is 12.5 Å². The Kier molecular flexibility index (Phi) is 6.66. The summed E-state index contributed by atoms with van der Waals surface area (Å²) >= 11 is 6.60. The fraction of sp³-hybridized carbons (Fsp3) is 0.409. The monoisotopic (exact) mass is 481 g/mol. The number of benzene rings is 2. The first-order chi connectivity index (χ1) is 15.7. The van der Waals surface area contributed by atoms with E-state index < -0.39 is 36.7 Å². The van der Waals surface area contributed by atoms with Gasteiger partial charge in [-0.15, -0.1) is 0 Å². The molecule has 10 nitrogen and oxygen atoms in total. The molecule has 6 atom stereocenters. The quantitative estimate of drug-likeness (QED) is 0.322. The van der Waals surface area contributed by atoms with Crippen LogP contribution in [0.4, 0.5) is 0 Å². The third-order valence-corrected chi connectivity index (χ3v) is 6.36. The van der Waals surface area contributed by atoms with E-state index in [-0.39, 0.29) is 28.2 Å². The molecule has 0 bridgehead atoms. The number of aromatic hydroxyl groups is 2. The van der Waals surface area contributed by atoms with Crippen molar-refractivity contribution in [1.82, 2.24) is 5.32 Å². The van der Waals surface area contributed by atoms with Gasteiger partial charge in [0.2, 0.25) is 6.29 Å². The highest BCUT2D eigenvalue weighted by molar-refractivity contribution is 6.33. The van der Waals surface area contributed by atoms with E-state index in [0.29, 0.717) is 25.1 Å². The zero-order valence-electron chi connectivity index (χ0n) is 17.3. The lowest BCUT2D eigenvalue weighted by molar-refractivity contribution is -0.271. The molecule has 0 aromatic heterocycles. The summed E-state index contributed by atoms with van der Waals surface area (Å²) in [6, 6.07) is 8.17. The number of carbonyl (C=O) groups is 1. The molecular weight excluding hydrogens is 458 g/mol. The van der Waals surface area contributed by atoms with Crippen molar-refractivity contribution < 1.29 is 44.9 Å². The van der Waals surface area contributed by atoms with Crippen LogP contribution < -0.4 is 10.1 Å². The number of hydrogen-bond donors (Lipinski definition) is 7. The highest BCUT2D eigenvalue weighted by Crippen LogP contribution is 2.44. The summed E-state index contributed by atoms with van der Waals surface area (Å²) in [6.45, 7) is 1.14. The zero-order valence-corrected chi connectivity index (χ0v) is 18.0. The topological polar surface area (TPSA) is 169 Å². The maximum atomic E-state index is 11.3. The lowest BCUT2D eigenvalue weighted by Crippen LogP contribution is -2.61. The molecule has 4 rings (SSSR count). The molecule has 2 aromatic carbocycles. The molecule has 0 saturated carbocycles. The number of phenolic OH excluding ortho intramolecular Hbond substituents is 2. The van der Waals surface area contributed by atoms with Crippen LogP contribution >= 0.6 is 11.6 Å². The van der Waals surface area contributed by atoms with E-state index in [4.69, 9.17) is 21.1 Å². The summed E-state index contributed by atoms with van der Waals surface area (Å²) in [5.74, 6) is -2.22. The van der Waals surface area contributed by atoms with Crippen LogP contribution in [0.2, 0.25) is 5.02 Å². The van der Waals surface area contributed by atoms with Gasteiger partial charge in [0.05, 0.1) is 5.02 Å². The summed E-state index contributed by atoms with van der Waals surface area (Å²) in [5, 5.41) is 63.0. The predicted molar refractivity (Wildman–Crippen MR) is 115 cm³/mol. The van der Waals surface area contributed by atoms with Crippen molar-refractivity contribution in [3.63, 3.8) is 0 Å². The summed E-state index contributed by atoms with van der Waals surface area (Å²) in [4.78, 5) is 11.3. The van der Waals surface area contributed by atoms with Crippen molar-refractivity contribution in [1.29, 1.82) is 0 Å². The van der Waals surface area contributed by atoms with E-state index in [0.717, 1.165) is 11.1 Å². The van der Waals surface area contributed by atoms with Crippen LogP contribution in [0.5, 0.6) is 17.2 Å². The Morgan fingerprint density at radius 3 is 2.45 bits per heavy atom. The number of ether oxygens (including phenoxy) is 2. The van der Waals surface area contributed by atoms with Crippen molar-refractivity contribution in [2.24, 2.45) is 0 Å². The van der Waals surface area contributed by atoms with Crippen LogP contribution in [0.1, 0.15) is 22.6 Å². The highest BCUT2D eigenvalue weighted by atomic mass is 35.5.